The number of allylic oxidation sites excluding steroid dienone is 1. The minimum absolute atomic E-state index is 0. The number of likely N-dealkylation sites (tertiary alicyclic amines) is 1. The number of carbonyl (C=O) groups is 1. The Morgan fingerprint density at radius 2 is 1.97 bits per heavy atom. The highest BCUT2D eigenvalue weighted by atomic mass is 19.1. The van der Waals surface area contributed by atoms with Crippen LogP contribution in [-0.2, 0) is 11.2 Å². The molecule has 0 radical (unpaired) electrons. The minimum atomic E-state index is -0.196. The number of rotatable bonds is 8. The number of halogens is 1. The van der Waals surface area contributed by atoms with Crippen LogP contribution in [0.1, 0.15) is 52.1 Å². The first-order valence-electron chi connectivity index (χ1n) is 13.5. The number of carbonyl (C=O) groups excluding carboxylic acids is 1. The fraction of sp³-hybridized carbons (Fsp3) is 0.433. The van der Waals surface area contributed by atoms with Gasteiger partial charge in [0.1, 0.15) is 12.1 Å². The summed E-state index contributed by atoms with van der Waals surface area (Å²) in [6, 6.07) is 5.91. The molecule has 1 atom stereocenters. The van der Waals surface area contributed by atoms with Gasteiger partial charge in [0, 0.05) is 52.1 Å². The molecule has 2 saturated heterocycles. The summed E-state index contributed by atoms with van der Waals surface area (Å²) in [5.74, 6) is 0.533. The quantitative estimate of drug-likeness (QED) is 0.286. The van der Waals surface area contributed by atoms with Crippen molar-refractivity contribution in [2.45, 2.75) is 58.0 Å². The maximum absolute atomic E-state index is 14.7. The summed E-state index contributed by atoms with van der Waals surface area (Å²) in [7, 11) is 1.72. The molecule has 0 amide bonds. The monoisotopic (exact) mass is 535 g/mol. The van der Waals surface area contributed by atoms with Gasteiger partial charge in [-0.3, -0.25) is 4.99 Å². The number of piperidine rings is 1. The van der Waals surface area contributed by atoms with Gasteiger partial charge in [-0.1, -0.05) is 26.0 Å². The lowest BCUT2D eigenvalue weighted by molar-refractivity contribution is -0.106. The lowest BCUT2D eigenvalue weighted by Crippen LogP contribution is -2.44. The standard InChI is InChI=1S/C28H36FN7.C2H4O.H2/c1-4-6-20-7-8-25(23(29)17-20)34-26-12-16-36(27(26)5-2)22-10-14-35(15-11-22)28-32-18-21(19-33-28)24(31-3)9-13-30;1-2-3;/h7-9,13,17-19,22,26,34H,2,4,6,10-12,14-16,30H2,1,3H3;2H,1H3;1H/b13-9-,31-24?;;/t26-;;/m0../s1. The van der Waals surface area contributed by atoms with Gasteiger partial charge in [-0.2, -0.15) is 0 Å². The first-order chi connectivity index (χ1) is 19.0. The highest BCUT2D eigenvalue weighted by Crippen LogP contribution is 2.31. The van der Waals surface area contributed by atoms with Crippen LogP contribution in [0.3, 0.4) is 0 Å². The fourth-order valence-electron chi connectivity index (χ4n) is 5.16. The summed E-state index contributed by atoms with van der Waals surface area (Å²) in [4.78, 5) is 26.8. The van der Waals surface area contributed by atoms with E-state index in [0.29, 0.717) is 11.7 Å². The van der Waals surface area contributed by atoms with Gasteiger partial charge in [0.05, 0.1) is 23.1 Å². The minimum Gasteiger partial charge on any atom is -0.405 e. The Bertz CT molecular complexity index is 1200. The second-order valence-corrected chi connectivity index (χ2v) is 9.50. The van der Waals surface area contributed by atoms with E-state index in [4.69, 9.17) is 10.5 Å². The van der Waals surface area contributed by atoms with Gasteiger partial charge in [-0.15, -0.1) is 5.73 Å². The predicted molar refractivity (Wildman–Crippen MR) is 159 cm³/mol. The highest BCUT2D eigenvalue weighted by Gasteiger charge is 2.34. The molecule has 0 saturated carbocycles. The van der Waals surface area contributed by atoms with E-state index < -0.39 is 0 Å². The van der Waals surface area contributed by atoms with E-state index in [9.17, 15) is 4.39 Å². The predicted octanol–water partition coefficient (Wildman–Crippen LogP) is 4.73. The number of aliphatic imine (C=N–C) groups is 1. The van der Waals surface area contributed by atoms with Crippen molar-refractivity contribution in [3.8, 4) is 0 Å². The van der Waals surface area contributed by atoms with Crippen LogP contribution in [0.25, 0.3) is 0 Å². The largest absolute Gasteiger partial charge is 0.405 e. The highest BCUT2D eigenvalue weighted by molar-refractivity contribution is 6.08. The second-order valence-electron chi connectivity index (χ2n) is 9.50. The molecule has 210 valence electrons. The van der Waals surface area contributed by atoms with Gasteiger partial charge >= 0.3 is 0 Å². The maximum Gasteiger partial charge on any atom is 0.225 e. The van der Waals surface area contributed by atoms with Crippen molar-refractivity contribution in [2.24, 2.45) is 10.7 Å². The molecule has 0 aliphatic carbocycles. The third kappa shape index (κ3) is 7.54. The summed E-state index contributed by atoms with van der Waals surface area (Å²) in [5.41, 5.74) is 12.8. The van der Waals surface area contributed by atoms with Crippen molar-refractivity contribution in [1.82, 2.24) is 14.9 Å². The average molecular weight is 536 g/mol. The number of nitrogens with two attached hydrogens (primary N) is 1. The molecule has 2 aliphatic heterocycles. The van der Waals surface area contributed by atoms with Crippen LogP contribution in [0.2, 0.25) is 0 Å². The SMILES string of the molecule is C=C=C1[C@@H](Nc2ccc(CCC)cc2F)CCN1C1CCN(c2ncc(C(/C=C\N)=NC)cn2)CC1.CC=O.[HH]. The van der Waals surface area contributed by atoms with Crippen molar-refractivity contribution in [3.05, 3.63) is 77.8 Å². The molecule has 0 bridgehead atoms. The summed E-state index contributed by atoms with van der Waals surface area (Å²) < 4.78 is 14.7. The molecule has 4 rings (SSSR count). The van der Waals surface area contributed by atoms with Crippen molar-refractivity contribution in [2.75, 3.05) is 36.9 Å². The normalized spacial score (nSPS) is 18.1. The molecule has 2 aromatic rings. The van der Waals surface area contributed by atoms with Gasteiger partial charge in [0.15, 0.2) is 0 Å². The molecule has 8 nitrogen and oxygen atoms in total. The summed E-state index contributed by atoms with van der Waals surface area (Å²) in [5, 5.41) is 3.40. The molecular weight excluding hydrogens is 493 g/mol. The zero-order valence-electron chi connectivity index (χ0n) is 23.2. The van der Waals surface area contributed by atoms with E-state index in [-0.39, 0.29) is 13.3 Å². The molecule has 9 heteroatoms. The van der Waals surface area contributed by atoms with Gasteiger partial charge in [-0.05, 0) is 62.6 Å². The van der Waals surface area contributed by atoms with E-state index in [1.54, 1.807) is 31.6 Å². The van der Waals surface area contributed by atoms with Crippen molar-refractivity contribution in [1.29, 1.82) is 0 Å². The zero-order valence-corrected chi connectivity index (χ0v) is 23.2. The number of nitrogens with one attached hydrogen (secondary N) is 1. The summed E-state index contributed by atoms with van der Waals surface area (Å²) in [6.45, 7) is 10.2. The van der Waals surface area contributed by atoms with Crippen molar-refractivity contribution < 1.29 is 10.6 Å². The Hall–Kier alpha value is -3.97. The van der Waals surface area contributed by atoms with E-state index >= 15 is 0 Å². The number of aromatic nitrogens is 2. The van der Waals surface area contributed by atoms with Crippen LogP contribution < -0.4 is 16.0 Å². The van der Waals surface area contributed by atoms with E-state index in [1.807, 2.05) is 12.1 Å². The Balaban J connectivity index is 0.00000134. The van der Waals surface area contributed by atoms with E-state index in [2.05, 4.69) is 49.3 Å². The molecule has 0 spiro atoms. The molecular formula is C30H42FN7O. The number of benzene rings is 1. The number of anilines is 2. The van der Waals surface area contributed by atoms with Crippen LogP contribution in [0.15, 0.2) is 65.9 Å². The van der Waals surface area contributed by atoms with E-state index in [0.717, 1.165) is 86.5 Å². The number of nitrogens with zero attached hydrogens (tertiary/aromatic N) is 5. The Kier molecular flexibility index (Phi) is 11.3. The first kappa shape index (κ1) is 29.6. The van der Waals surface area contributed by atoms with Crippen LogP contribution in [-0.4, -0.2) is 65.6 Å². The molecule has 3 N–H and O–H groups in total. The number of aldehydes is 1. The van der Waals surface area contributed by atoms with Crippen LogP contribution in [0, 0.1) is 5.82 Å². The Morgan fingerprint density at radius 1 is 1.28 bits per heavy atom. The smallest absolute Gasteiger partial charge is 0.225 e. The first-order valence-corrected chi connectivity index (χ1v) is 13.5. The zero-order chi connectivity index (χ0) is 28.2. The van der Waals surface area contributed by atoms with Crippen molar-refractivity contribution in [3.63, 3.8) is 0 Å². The molecule has 2 aliphatic rings. The Labute approximate surface area is 232 Å². The molecule has 3 heterocycles. The average Bonchev–Trinajstić information content (AvgIpc) is 3.36. The topological polar surface area (TPSA) is 99.7 Å². The van der Waals surface area contributed by atoms with Gasteiger partial charge in [0.25, 0.3) is 0 Å². The lowest BCUT2D eigenvalue weighted by Gasteiger charge is -2.38. The molecule has 39 heavy (non-hydrogen) atoms. The number of hydrogen-bond donors (Lipinski definition) is 2. The van der Waals surface area contributed by atoms with Gasteiger partial charge in [0.2, 0.25) is 5.95 Å². The molecule has 1 aromatic heterocycles. The van der Waals surface area contributed by atoms with Crippen LogP contribution >= 0.6 is 0 Å². The lowest BCUT2D eigenvalue weighted by atomic mass is 10.0. The second kappa shape index (κ2) is 14.8. The Morgan fingerprint density at radius 3 is 2.54 bits per heavy atom. The van der Waals surface area contributed by atoms with Crippen LogP contribution in [0.5, 0.6) is 0 Å². The number of aryl methyl sites for hydroxylation is 1. The summed E-state index contributed by atoms with van der Waals surface area (Å²) in [6.07, 6.45) is 12.3. The summed E-state index contributed by atoms with van der Waals surface area (Å²) >= 11 is 0. The maximum atomic E-state index is 14.7. The fourth-order valence-corrected chi connectivity index (χ4v) is 5.16. The van der Waals surface area contributed by atoms with Gasteiger partial charge in [-0.25, -0.2) is 14.4 Å². The number of hydrogen-bond acceptors (Lipinski definition) is 8. The van der Waals surface area contributed by atoms with E-state index in [1.165, 1.54) is 13.1 Å². The molecule has 1 aromatic carbocycles. The van der Waals surface area contributed by atoms with Crippen LogP contribution in [0.4, 0.5) is 16.0 Å². The third-order valence-corrected chi connectivity index (χ3v) is 7.00. The molecule has 0 unspecified atom stereocenters. The molecule has 2 fully saturated rings. The van der Waals surface area contributed by atoms with Gasteiger partial charge < -0.3 is 25.6 Å². The third-order valence-electron chi connectivity index (χ3n) is 7.00. The van der Waals surface area contributed by atoms with Crippen molar-refractivity contribution >= 4 is 23.6 Å².